The minimum Gasteiger partial charge on any atom is -0.459 e. The summed E-state index contributed by atoms with van der Waals surface area (Å²) < 4.78 is 5.04. The van der Waals surface area contributed by atoms with Crippen LogP contribution >= 0.6 is 22.9 Å². The van der Waals surface area contributed by atoms with Crippen molar-refractivity contribution in [2.24, 2.45) is 0 Å². The normalized spacial score (nSPS) is 13.8. The van der Waals surface area contributed by atoms with Crippen LogP contribution in [0.25, 0.3) is 0 Å². The Balaban J connectivity index is 1.68. The topological polar surface area (TPSA) is 75.4 Å². The molecule has 2 amide bonds. The zero-order valence-electron chi connectivity index (χ0n) is 11.7. The molecule has 0 radical (unpaired) electrons. The first-order valence-electron chi connectivity index (χ1n) is 6.84. The molecule has 0 unspecified atom stereocenters. The van der Waals surface area contributed by atoms with Crippen molar-refractivity contribution in [3.63, 3.8) is 0 Å². The second-order valence-electron chi connectivity index (χ2n) is 4.82. The number of hydrogen-bond donors (Lipinski definition) is 1. The number of hydrogen-bond acceptors (Lipinski definition) is 5. The SMILES string of the molecule is O=C(Nc1nc2c(s1)CN(C(=O)CCCl)CC2)c1ccco1. The molecular formula is C14H14ClN3O3S. The molecule has 1 aliphatic rings. The number of nitrogens with one attached hydrogen (secondary N) is 1. The lowest BCUT2D eigenvalue weighted by Crippen LogP contribution is -2.35. The van der Waals surface area contributed by atoms with Crippen LogP contribution in [0.4, 0.5) is 5.13 Å². The lowest BCUT2D eigenvalue weighted by atomic mass is 10.1. The lowest BCUT2D eigenvalue weighted by molar-refractivity contribution is -0.131. The van der Waals surface area contributed by atoms with Crippen LogP contribution in [0.1, 0.15) is 27.5 Å². The number of amides is 2. The van der Waals surface area contributed by atoms with Crippen molar-refractivity contribution in [2.45, 2.75) is 19.4 Å². The Bertz CT molecular complexity index is 684. The number of aromatic nitrogens is 1. The molecule has 0 fully saturated rings. The van der Waals surface area contributed by atoms with E-state index in [0.717, 1.165) is 10.6 Å². The number of alkyl halides is 1. The molecule has 2 aromatic heterocycles. The van der Waals surface area contributed by atoms with Gasteiger partial charge in [0.25, 0.3) is 5.91 Å². The quantitative estimate of drug-likeness (QED) is 0.868. The van der Waals surface area contributed by atoms with Gasteiger partial charge in [0.1, 0.15) is 0 Å². The lowest BCUT2D eigenvalue weighted by Gasteiger charge is -2.25. The van der Waals surface area contributed by atoms with E-state index < -0.39 is 0 Å². The Morgan fingerprint density at radius 1 is 1.50 bits per heavy atom. The smallest absolute Gasteiger partial charge is 0.293 e. The molecule has 0 saturated carbocycles. The highest BCUT2D eigenvalue weighted by Crippen LogP contribution is 2.28. The van der Waals surface area contributed by atoms with Crippen LogP contribution in [0.5, 0.6) is 0 Å². The largest absolute Gasteiger partial charge is 0.459 e. The van der Waals surface area contributed by atoms with Gasteiger partial charge in [-0.3, -0.25) is 14.9 Å². The molecule has 0 spiro atoms. The van der Waals surface area contributed by atoms with Gasteiger partial charge in [-0.1, -0.05) is 11.3 Å². The molecule has 3 heterocycles. The van der Waals surface area contributed by atoms with Crippen LogP contribution in [0, 0.1) is 0 Å². The van der Waals surface area contributed by atoms with Gasteiger partial charge in [0.2, 0.25) is 5.91 Å². The number of halogens is 1. The second kappa shape index (κ2) is 6.50. The maximum absolute atomic E-state index is 11.9. The molecule has 6 nitrogen and oxygen atoms in total. The number of furan rings is 1. The third kappa shape index (κ3) is 3.15. The summed E-state index contributed by atoms with van der Waals surface area (Å²) in [5.74, 6) is 0.295. The van der Waals surface area contributed by atoms with E-state index in [1.54, 1.807) is 17.0 Å². The van der Waals surface area contributed by atoms with Gasteiger partial charge in [0, 0.05) is 30.1 Å². The van der Waals surface area contributed by atoms with Crippen molar-refractivity contribution >= 4 is 39.9 Å². The average molecular weight is 340 g/mol. The van der Waals surface area contributed by atoms with Crippen molar-refractivity contribution in [3.8, 4) is 0 Å². The van der Waals surface area contributed by atoms with Crippen LogP contribution in [-0.4, -0.2) is 34.1 Å². The van der Waals surface area contributed by atoms with E-state index in [9.17, 15) is 9.59 Å². The first kappa shape index (κ1) is 15.1. The molecule has 116 valence electrons. The molecule has 8 heteroatoms. The number of fused-ring (bicyclic) bond motifs is 1. The van der Waals surface area contributed by atoms with E-state index in [-0.39, 0.29) is 17.6 Å². The number of nitrogens with zero attached hydrogens (tertiary/aromatic N) is 2. The minimum atomic E-state index is -0.328. The van der Waals surface area contributed by atoms with Crippen molar-refractivity contribution in [1.29, 1.82) is 0 Å². The van der Waals surface area contributed by atoms with Crippen LogP contribution < -0.4 is 5.32 Å². The van der Waals surface area contributed by atoms with E-state index in [2.05, 4.69) is 10.3 Å². The van der Waals surface area contributed by atoms with Crippen LogP contribution in [-0.2, 0) is 17.8 Å². The van der Waals surface area contributed by atoms with Crippen molar-refractivity contribution < 1.29 is 14.0 Å². The standard InChI is InChI=1S/C14H14ClN3O3S/c15-5-3-12(19)18-6-4-9-11(8-18)22-14(16-9)17-13(20)10-2-1-7-21-10/h1-2,7H,3-6,8H2,(H,16,17,20). The molecule has 1 aliphatic heterocycles. The highest BCUT2D eigenvalue weighted by atomic mass is 35.5. The minimum absolute atomic E-state index is 0.0511. The van der Waals surface area contributed by atoms with Crippen molar-refractivity contribution in [2.75, 3.05) is 17.7 Å². The van der Waals surface area contributed by atoms with Gasteiger partial charge in [-0.25, -0.2) is 4.98 Å². The summed E-state index contributed by atoms with van der Waals surface area (Å²) in [7, 11) is 0. The van der Waals surface area contributed by atoms with Gasteiger partial charge in [-0.05, 0) is 12.1 Å². The first-order chi connectivity index (χ1) is 10.7. The van der Waals surface area contributed by atoms with E-state index in [4.69, 9.17) is 16.0 Å². The zero-order chi connectivity index (χ0) is 15.5. The van der Waals surface area contributed by atoms with E-state index >= 15 is 0 Å². The van der Waals surface area contributed by atoms with Gasteiger partial charge in [0.05, 0.1) is 18.5 Å². The number of carbonyl (C=O) groups excluding carboxylic acids is 2. The van der Waals surface area contributed by atoms with E-state index in [0.29, 0.717) is 36.9 Å². The highest BCUT2D eigenvalue weighted by Gasteiger charge is 2.24. The number of thiazole rings is 1. The highest BCUT2D eigenvalue weighted by molar-refractivity contribution is 7.15. The second-order valence-corrected chi connectivity index (χ2v) is 6.29. The summed E-state index contributed by atoms with van der Waals surface area (Å²) in [5, 5.41) is 3.25. The van der Waals surface area contributed by atoms with Gasteiger partial charge >= 0.3 is 0 Å². The number of rotatable bonds is 4. The van der Waals surface area contributed by atoms with E-state index in [1.807, 2.05) is 0 Å². The molecule has 0 atom stereocenters. The summed E-state index contributed by atoms with van der Waals surface area (Å²) in [5.41, 5.74) is 0.940. The maximum atomic E-state index is 11.9. The molecule has 3 rings (SSSR count). The molecule has 2 aromatic rings. The average Bonchev–Trinajstić information content (AvgIpc) is 3.15. The molecule has 0 aliphatic carbocycles. The monoisotopic (exact) mass is 339 g/mol. The fourth-order valence-corrected chi connectivity index (χ4v) is 3.45. The Labute approximate surface area is 136 Å². The van der Waals surface area contributed by atoms with Crippen molar-refractivity contribution in [3.05, 3.63) is 34.7 Å². The molecule has 1 N–H and O–H groups in total. The number of anilines is 1. The van der Waals surface area contributed by atoms with Crippen LogP contribution in [0.3, 0.4) is 0 Å². The molecule has 0 saturated heterocycles. The van der Waals surface area contributed by atoms with Crippen LogP contribution in [0.2, 0.25) is 0 Å². The van der Waals surface area contributed by atoms with Crippen LogP contribution in [0.15, 0.2) is 22.8 Å². The third-order valence-corrected chi connectivity index (χ3v) is 4.54. The Kier molecular flexibility index (Phi) is 4.44. The Morgan fingerprint density at radius 3 is 3.09 bits per heavy atom. The van der Waals surface area contributed by atoms with Gasteiger partial charge in [-0.2, -0.15) is 0 Å². The predicted octanol–water partition coefficient (Wildman–Crippen LogP) is 2.50. The summed E-state index contributed by atoms with van der Waals surface area (Å²) >= 11 is 7.00. The molecule has 0 bridgehead atoms. The predicted molar refractivity (Wildman–Crippen MR) is 83.2 cm³/mol. The molecule has 0 aromatic carbocycles. The summed E-state index contributed by atoms with van der Waals surface area (Å²) in [6.45, 7) is 1.16. The summed E-state index contributed by atoms with van der Waals surface area (Å²) in [4.78, 5) is 31.0. The fraction of sp³-hybridized carbons (Fsp3) is 0.357. The number of carbonyl (C=O) groups is 2. The third-order valence-electron chi connectivity index (χ3n) is 3.36. The Morgan fingerprint density at radius 2 is 2.36 bits per heavy atom. The molecular weight excluding hydrogens is 326 g/mol. The van der Waals surface area contributed by atoms with E-state index in [1.165, 1.54) is 17.6 Å². The summed E-state index contributed by atoms with van der Waals surface area (Å²) in [6, 6.07) is 3.25. The first-order valence-corrected chi connectivity index (χ1v) is 8.19. The molecule has 22 heavy (non-hydrogen) atoms. The van der Waals surface area contributed by atoms with Gasteiger partial charge < -0.3 is 9.32 Å². The van der Waals surface area contributed by atoms with Crippen molar-refractivity contribution in [1.82, 2.24) is 9.88 Å². The Hall–Kier alpha value is -1.86. The maximum Gasteiger partial charge on any atom is 0.293 e. The summed E-state index contributed by atoms with van der Waals surface area (Å²) in [6.07, 6.45) is 2.48. The zero-order valence-corrected chi connectivity index (χ0v) is 13.2. The fourth-order valence-electron chi connectivity index (χ4n) is 2.27. The van der Waals surface area contributed by atoms with Gasteiger partial charge in [-0.15, -0.1) is 11.6 Å². The van der Waals surface area contributed by atoms with Gasteiger partial charge in [0.15, 0.2) is 10.9 Å².